The molecule has 1 aliphatic carbocycles. The normalized spacial score (nSPS) is 13.6. The van der Waals surface area contributed by atoms with Crippen LogP contribution in [0.3, 0.4) is 0 Å². The summed E-state index contributed by atoms with van der Waals surface area (Å²) >= 11 is 1.58. The van der Waals surface area contributed by atoms with Gasteiger partial charge in [0, 0.05) is 12.6 Å². The van der Waals surface area contributed by atoms with Crippen LogP contribution in [0.25, 0.3) is 0 Å². The molecule has 0 saturated carbocycles. The highest BCUT2D eigenvalue weighted by molar-refractivity contribution is 7.07. The van der Waals surface area contributed by atoms with Crippen LogP contribution in [-0.4, -0.2) is 22.2 Å². The third-order valence-electron chi connectivity index (χ3n) is 3.86. The topological polar surface area (TPSA) is 64.0 Å². The lowest BCUT2D eigenvalue weighted by molar-refractivity contribution is -0.120. The van der Waals surface area contributed by atoms with Gasteiger partial charge in [0.05, 0.1) is 18.7 Å². The minimum absolute atomic E-state index is 0.0237. The van der Waals surface area contributed by atoms with E-state index in [1.54, 1.807) is 17.4 Å². The van der Waals surface area contributed by atoms with E-state index in [1.165, 1.54) is 4.68 Å². The fourth-order valence-corrected chi connectivity index (χ4v) is 3.37. The molecule has 0 aliphatic heterocycles. The summed E-state index contributed by atoms with van der Waals surface area (Å²) in [6.07, 6.45) is 4.55. The van der Waals surface area contributed by atoms with Crippen molar-refractivity contribution in [2.45, 2.75) is 38.6 Å². The molecule has 2 heterocycles. The van der Waals surface area contributed by atoms with E-state index >= 15 is 0 Å². The molecule has 3 rings (SSSR count). The molecule has 0 radical (unpaired) electrons. The van der Waals surface area contributed by atoms with Gasteiger partial charge in [-0.15, -0.1) is 0 Å². The summed E-state index contributed by atoms with van der Waals surface area (Å²) in [4.78, 5) is 23.8. The Kier molecular flexibility index (Phi) is 4.68. The first-order valence-electron chi connectivity index (χ1n) is 7.60. The Morgan fingerprint density at radius 1 is 1.36 bits per heavy atom. The number of fused-ring (bicyclic) bond motifs is 1. The van der Waals surface area contributed by atoms with Gasteiger partial charge in [-0.05, 0) is 53.6 Å². The second-order valence-electron chi connectivity index (χ2n) is 5.54. The van der Waals surface area contributed by atoms with Crippen molar-refractivity contribution in [3.63, 3.8) is 0 Å². The summed E-state index contributed by atoms with van der Waals surface area (Å²) in [5, 5.41) is 11.2. The fraction of sp³-hybridized carbons (Fsp3) is 0.438. The zero-order chi connectivity index (χ0) is 15.4. The maximum absolute atomic E-state index is 12.0. The number of carbonyl (C=O) groups excluding carboxylic acids is 1. The van der Waals surface area contributed by atoms with Crippen LogP contribution >= 0.6 is 11.3 Å². The van der Waals surface area contributed by atoms with Crippen LogP contribution < -0.4 is 10.9 Å². The van der Waals surface area contributed by atoms with Crippen molar-refractivity contribution in [2.75, 3.05) is 6.54 Å². The molecule has 0 atom stereocenters. The number of hydrogen-bond donors (Lipinski definition) is 1. The summed E-state index contributed by atoms with van der Waals surface area (Å²) < 4.78 is 1.47. The van der Waals surface area contributed by atoms with Gasteiger partial charge < -0.3 is 5.32 Å². The Balaban J connectivity index is 1.55. The fourth-order valence-electron chi connectivity index (χ4n) is 2.70. The molecule has 0 fully saturated rings. The lowest BCUT2D eigenvalue weighted by atomic mass is 9.97. The molecule has 1 amide bonds. The van der Waals surface area contributed by atoms with Gasteiger partial charge in [0.15, 0.2) is 0 Å². The van der Waals surface area contributed by atoms with Crippen molar-refractivity contribution in [1.29, 1.82) is 0 Å². The third-order valence-corrected chi connectivity index (χ3v) is 4.60. The van der Waals surface area contributed by atoms with Crippen molar-refractivity contribution in [2.24, 2.45) is 0 Å². The quantitative estimate of drug-likeness (QED) is 0.910. The molecule has 1 aliphatic rings. The van der Waals surface area contributed by atoms with E-state index in [0.717, 1.165) is 42.5 Å². The molecule has 0 aromatic carbocycles. The number of aromatic nitrogens is 2. The van der Waals surface area contributed by atoms with Crippen LogP contribution in [-0.2, 0) is 30.6 Å². The predicted octanol–water partition coefficient (Wildman–Crippen LogP) is 1.54. The Morgan fingerprint density at radius 3 is 3.05 bits per heavy atom. The third kappa shape index (κ3) is 3.62. The molecule has 5 nitrogen and oxygen atoms in total. The average Bonchev–Trinajstić information content (AvgIpc) is 3.00. The number of nitrogens with one attached hydrogen (secondary N) is 1. The Bertz CT molecular complexity index is 707. The first-order valence-corrected chi connectivity index (χ1v) is 8.54. The van der Waals surface area contributed by atoms with E-state index < -0.39 is 0 Å². The van der Waals surface area contributed by atoms with Gasteiger partial charge in [-0.3, -0.25) is 9.59 Å². The number of aryl methyl sites for hydroxylation is 2. The van der Waals surface area contributed by atoms with E-state index in [4.69, 9.17) is 0 Å². The Hall–Kier alpha value is -1.95. The number of rotatable bonds is 5. The number of thiophene rings is 1. The van der Waals surface area contributed by atoms with Crippen LogP contribution in [0, 0.1) is 0 Å². The Morgan fingerprint density at radius 2 is 2.23 bits per heavy atom. The zero-order valence-electron chi connectivity index (χ0n) is 12.4. The largest absolute Gasteiger partial charge is 0.354 e. The van der Waals surface area contributed by atoms with Gasteiger partial charge in [0.2, 0.25) is 5.91 Å². The molecule has 0 saturated heterocycles. The average molecular weight is 317 g/mol. The summed E-state index contributed by atoms with van der Waals surface area (Å²) in [5.74, 6) is -0.0237. The molecule has 2 aromatic rings. The number of carbonyl (C=O) groups is 1. The van der Waals surface area contributed by atoms with E-state index in [0.29, 0.717) is 19.5 Å². The van der Waals surface area contributed by atoms with Crippen molar-refractivity contribution in [3.8, 4) is 0 Å². The molecule has 0 spiro atoms. The van der Waals surface area contributed by atoms with Gasteiger partial charge in [-0.25, -0.2) is 4.68 Å². The molecule has 0 unspecified atom stereocenters. The molecule has 116 valence electrons. The van der Waals surface area contributed by atoms with Gasteiger partial charge in [0.1, 0.15) is 0 Å². The van der Waals surface area contributed by atoms with E-state index in [1.807, 2.05) is 16.8 Å². The molecule has 2 aromatic heterocycles. The van der Waals surface area contributed by atoms with Gasteiger partial charge in [0.25, 0.3) is 5.56 Å². The maximum Gasteiger partial charge on any atom is 0.267 e. The van der Waals surface area contributed by atoms with Crippen LogP contribution in [0.1, 0.15) is 29.7 Å². The van der Waals surface area contributed by atoms with E-state index in [9.17, 15) is 9.59 Å². The standard InChI is InChI=1S/C16H19N3O2S/c20-15(9-12-5-8-22-11-12)17-6-7-19-16(21)10-13-3-1-2-4-14(13)18-19/h5,8,10-11H,1-4,6-7,9H2,(H,17,20). The van der Waals surface area contributed by atoms with E-state index in [2.05, 4.69) is 10.4 Å². The van der Waals surface area contributed by atoms with E-state index in [-0.39, 0.29) is 11.5 Å². The molecule has 22 heavy (non-hydrogen) atoms. The molecular formula is C16H19N3O2S. The minimum atomic E-state index is -0.0762. The lowest BCUT2D eigenvalue weighted by Crippen LogP contribution is -2.33. The van der Waals surface area contributed by atoms with Crippen molar-refractivity contribution in [3.05, 3.63) is 50.1 Å². The number of hydrogen-bond acceptors (Lipinski definition) is 4. The highest BCUT2D eigenvalue weighted by Crippen LogP contribution is 2.16. The molecule has 0 bridgehead atoms. The van der Waals surface area contributed by atoms with Crippen LogP contribution in [0.15, 0.2) is 27.7 Å². The SMILES string of the molecule is O=C(Cc1ccsc1)NCCn1nc2c(cc1=O)CCCC2. The smallest absolute Gasteiger partial charge is 0.267 e. The summed E-state index contributed by atoms with van der Waals surface area (Å²) in [5.41, 5.74) is 3.07. The minimum Gasteiger partial charge on any atom is -0.354 e. The molecular weight excluding hydrogens is 298 g/mol. The van der Waals surface area contributed by atoms with Crippen molar-refractivity contribution >= 4 is 17.2 Å². The highest BCUT2D eigenvalue weighted by atomic mass is 32.1. The van der Waals surface area contributed by atoms with Crippen LogP contribution in [0.4, 0.5) is 0 Å². The van der Waals surface area contributed by atoms with Gasteiger partial charge in [-0.1, -0.05) is 0 Å². The summed E-state index contributed by atoms with van der Waals surface area (Å²) in [6.45, 7) is 0.843. The van der Waals surface area contributed by atoms with Gasteiger partial charge in [-0.2, -0.15) is 16.4 Å². The van der Waals surface area contributed by atoms with Crippen molar-refractivity contribution in [1.82, 2.24) is 15.1 Å². The van der Waals surface area contributed by atoms with Crippen molar-refractivity contribution < 1.29 is 4.79 Å². The second kappa shape index (κ2) is 6.87. The first kappa shape index (κ1) is 15.0. The highest BCUT2D eigenvalue weighted by Gasteiger charge is 2.13. The first-order chi connectivity index (χ1) is 10.7. The van der Waals surface area contributed by atoms with Gasteiger partial charge >= 0.3 is 0 Å². The maximum atomic E-state index is 12.0. The lowest BCUT2D eigenvalue weighted by Gasteiger charge is -2.16. The van der Waals surface area contributed by atoms with Crippen LogP contribution in [0.2, 0.25) is 0 Å². The number of nitrogens with zero attached hydrogens (tertiary/aromatic N) is 2. The molecule has 1 N–H and O–H groups in total. The predicted molar refractivity (Wildman–Crippen MR) is 86.2 cm³/mol. The summed E-state index contributed by atoms with van der Waals surface area (Å²) in [7, 11) is 0. The Labute approximate surface area is 133 Å². The van der Waals surface area contributed by atoms with Crippen LogP contribution in [0.5, 0.6) is 0 Å². The summed E-state index contributed by atoms with van der Waals surface area (Å²) in [6, 6.07) is 3.65. The number of amides is 1. The monoisotopic (exact) mass is 317 g/mol. The second-order valence-corrected chi connectivity index (χ2v) is 6.32. The molecule has 6 heteroatoms. The zero-order valence-corrected chi connectivity index (χ0v) is 13.2.